The van der Waals surface area contributed by atoms with Crippen LogP contribution in [-0.4, -0.2) is 81.5 Å². The van der Waals surface area contributed by atoms with Crippen LogP contribution in [0.3, 0.4) is 0 Å². The van der Waals surface area contributed by atoms with Gasteiger partial charge in [0.05, 0.1) is 39.9 Å². The molecule has 43 heavy (non-hydrogen) atoms. The summed E-state index contributed by atoms with van der Waals surface area (Å²) in [6.07, 6.45) is -0.872. The third-order valence-electron chi connectivity index (χ3n) is 6.31. The number of benzene rings is 2. The summed E-state index contributed by atoms with van der Waals surface area (Å²) < 4.78 is 38.4. The molecule has 11 nitrogen and oxygen atoms in total. The molecular weight excluding hydrogens is 608 g/mol. The van der Waals surface area contributed by atoms with Gasteiger partial charge in [-0.2, -0.15) is 0 Å². The van der Waals surface area contributed by atoms with Crippen molar-refractivity contribution in [2.24, 2.45) is 0 Å². The number of rotatable bonds is 8. The van der Waals surface area contributed by atoms with Gasteiger partial charge in [0.15, 0.2) is 0 Å². The molecule has 3 aromatic rings. The topological polar surface area (TPSA) is 146 Å². The van der Waals surface area contributed by atoms with Crippen molar-refractivity contribution in [3.8, 4) is 0 Å². The number of amides is 3. The molecule has 2 saturated heterocycles. The maximum Gasteiger partial charge on any atom is 0.261 e. The summed E-state index contributed by atoms with van der Waals surface area (Å²) in [5.41, 5.74) is 6.68. The predicted molar refractivity (Wildman–Crippen MR) is 160 cm³/mol. The van der Waals surface area contributed by atoms with Crippen LogP contribution in [0.1, 0.15) is 9.67 Å². The number of halogens is 3. The van der Waals surface area contributed by atoms with E-state index in [1.165, 1.54) is 34.1 Å². The number of thiophene rings is 1. The fourth-order valence-corrected chi connectivity index (χ4v) is 5.12. The Bertz CT molecular complexity index is 1460. The Balaban J connectivity index is 0.000000237. The van der Waals surface area contributed by atoms with Gasteiger partial charge in [-0.25, -0.2) is 8.78 Å². The molecule has 3 amide bonds. The summed E-state index contributed by atoms with van der Waals surface area (Å²) in [5, 5.41) is 15.5. The van der Waals surface area contributed by atoms with E-state index in [9.17, 15) is 28.3 Å². The molecule has 1 aromatic heterocycles. The van der Waals surface area contributed by atoms with Gasteiger partial charge in [0, 0.05) is 37.6 Å². The van der Waals surface area contributed by atoms with Gasteiger partial charge in [0.1, 0.15) is 24.8 Å². The number of ether oxygens (including phenoxy) is 2. The van der Waals surface area contributed by atoms with Crippen molar-refractivity contribution < 1.29 is 37.7 Å². The lowest BCUT2D eigenvalue weighted by molar-refractivity contribution is -0.126. The van der Waals surface area contributed by atoms with Crippen molar-refractivity contribution in [1.29, 1.82) is 0 Å². The average Bonchev–Trinajstić information content (AvgIpc) is 3.43. The molecule has 1 unspecified atom stereocenters. The number of hydrogen-bond donors (Lipinski definition) is 4. The number of nitrogens with zero attached hydrogens (tertiary/aromatic N) is 2. The quantitative estimate of drug-likeness (QED) is 0.276. The highest BCUT2D eigenvalue weighted by Gasteiger charge is 2.24. The highest BCUT2D eigenvalue weighted by atomic mass is 35.5. The Morgan fingerprint density at radius 1 is 0.953 bits per heavy atom. The standard InChI is InChI=1S/C18H19ClFN3O4S.C10H11FN2O2/c19-16-4-3-15(28-16)18(26)22-9-12(24)8-21-11-1-2-14(13(20)7-11)23-5-6-27-10-17(23)25;11-8-5-7(12)1-2-9(8)13-3-4-15-6-10(13)14/h1-4,7,12,21,24H,5-6,8-10H2,(H,22,26);1-2,5H,3-4,6,12H2. The molecule has 0 aliphatic carbocycles. The van der Waals surface area contributed by atoms with Gasteiger partial charge in [0.25, 0.3) is 17.7 Å². The molecule has 230 valence electrons. The number of nitrogens with two attached hydrogens (primary N) is 1. The molecule has 5 N–H and O–H groups in total. The van der Waals surface area contributed by atoms with Crippen molar-refractivity contribution in [3.05, 3.63) is 69.4 Å². The van der Waals surface area contributed by atoms with Crippen molar-refractivity contribution in [3.63, 3.8) is 0 Å². The molecule has 15 heteroatoms. The molecule has 0 bridgehead atoms. The van der Waals surface area contributed by atoms with Gasteiger partial charge in [0.2, 0.25) is 0 Å². The first kappa shape index (κ1) is 32.1. The van der Waals surface area contributed by atoms with E-state index in [-0.39, 0.29) is 55.4 Å². The molecule has 2 aromatic carbocycles. The Kier molecular flexibility index (Phi) is 11.3. The Morgan fingerprint density at radius 2 is 1.56 bits per heavy atom. The van der Waals surface area contributed by atoms with Crippen LogP contribution in [0.4, 0.5) is 31.5 Å². The van der Waals surface area contributed by atoms with Gasteiger partial charge >= 0.3 is 0 Å². The molecule has 2 fully saturated rings. The Morgan fingerprint density at radius 3 is 2.09 bits per heavy atom. The molecule has 3 heterocycles. The number of aliphatic hydroxyl groups is 1. The molecule has 0 saturated carbocycles. The van der Waals surface area contributed by atoms with Gasteiger partial charge in [-0.1, -0.05) is 11.6 Å². The SMILES string of the molecule is Nc1ccc(N2CCOCC2=O)c(F)c1.O=C(NCC(O)CNc1ccc(N2CCOCC2=O)c(F)c1)c1ccc(Cl)s1. The Labute approximate surface area is 255 Å². The lowest BCUT2D eigenvalue weighted by Crippen LogP contribution is -2.42. The van der Waals surface area contributed by atoms with Crippen molar-refractivity contribution in [2.75, 3.05) is 73.5 Å². The maximum absolute atomic E-state index is 14.4. The summed E-state index contributed by atoms with van der Waals surface area (Å²) in [5.74, 6) is -1.86. The smallest absolute Gasteiger partial charge is 0.261 e. The largest absolute Gasteiger partial charge is 0.399 e. The first-order valence-electron chi connectivity index (χ1n) is 13.2. The molecular formula is C28H30ClF2N5O6S. The molecule has 2 aliphatic heterocycles. The first-order chi connectivity index (χ1) is 20.6. The van der Waals surface area contributed by atoms with E-state index < -0.39 is 17.7 Å². The number of anilines is 4. The summed E-state index contributed by atoms with van der Waals surface area (Å²) >= 11 is 6.94. The zero-order valence-corrected chi connectivity index (χ0v) is 24.4. The molecule has 5 rings (SSSR count). The number of nitrogens with one attached hydrogen (secondary N) is 2. The number of hydrogen-bond acceptors (Lipinski definition) is 9. The maximum atomic E-state index is 14.4. The van der Waals surface area contributed by atoms with Gasteiger partial charge in [-0.3, -0.25) is 14.4 Å². The minimum atomic E-state index is -0.872. The minimum Gasteiger partial charge on any atom is -0.399 e. The van der Waals surface area contributed by atoms with Crippen LogP contribution in [0, 0.1) is 11.6 Å². The van der Waals surface area contributed by atoms with Gasteiger partial charge in [-0.15, -0.1) is 11.3 Å². The number of carbonyl (C=O) groups is 3. The monoisotopic (exact) mass is 637 g/mol. The van der Waals surface area contributed by atoms with Crippen LogP contribution in [-0.2, 0) is 19.1 Å². The summed E-state index contributed by atoms with van der Waals surface area (Å²) in [6.45, 7) is 1.55. The van der Waals surface area contributed by atoms with Gasteiger partial charge < -0.3 is 40.7 Å². The lowest BCUT2D eigenvalue weighted by atomic mass is 10.2. The fraction of sp³-hybridized carbons (Fsp3) is 0.321. The summed E-state index contributed by atoms with van der Waals surface area (Å²) in [6, 6.07) is 11.9. The molecule has 2 aliphatic rings. The van der Waals surface area contributed by atoms with Crippen LogP contribution >= 0.6 is 22.9 Å². The van der Waals surface area contributed by atoms with Crippen LogP contribution in [0.5, 0.6) is 0 Å². The normalized spacial score (nSPS) is 15.9. The summed E-state index contributed by atoms with van der Waals surface area (Å²) in [4.78, 5) is 38.4. The predicted octanol–water partition coefficient (Wildman–Crippen LogP) is 2.88. The third-order valence-corrected chi connectivity index (χ3v) is 7.54. The van der Waals surface area contributed by atoms with Crippen LogP contribution in [0.2, 0.25) is 4.34 Å². The van der Waals surface area contributed by atoms with Crippen LogP contribution in [0.15, 0.2) is 48.5 Å². The molecule has 1 atom stereocenters. The highest BCUT2D eigenvalue weighted by Crippen LogP contribution is 2.25. The molecule has 0 radical (unpaired) electrons. The fourth-order valence-electron chi connectivity index (χ4n) is 4.17. The number of aliphatic hydroxyl groups excluding tert-OH is 1. The number of carbonyl (C=O) groups excluding carboxylic acids is 3. The average molecular weight is 638 g/mol. The summed E-state index contributed by atoms with van der Waals surface area (Å²) in [7, 11) is 0. The minimum absolute atomic E-state index is 0.00379. The second-order valence-corrected chi connectivity index (χ2v) is 11.1. The van der Waals surface area contributed by atoms with E-state index in [1.54, 1.807) is 24.3 Å². The van der Waals surface area contributed by atoms with E-state index in [0.29, 0.717) is 46.9 Å². The first-order valence-corrected chi connectivity index (χ1v) is 14.4. The zero-order valence-electron chi connectivity index (χ0n) is 22.9. The lowest BCUT2D eigenvalue weighted by Gasteiger charge is -2.27. The van der Waals surface area contributed by atoms with Gasteiger partial charge in [-0.05, 0) is 48.5 Å². The number of morpholine rings is 2. The third kappa shape index (κ3) is 8.84. The molecule has 0 spiro atoms. The van der Waals surface area contributed by atoms with E-state index >= 15 is 0 Å². The van der Waals surface area contributed by atoms with E-state index in [0.717, 1.165) is 11.3 Å². The second kappa shape index (κ2) is 15.1. The van der Waals surface area contributed by atoms with E-state index in [2.05, 4.69) is 10.6 Å². The van der Waals surface area contributed by atoms with Crippen molar-refractivity contribution in [2.45, 2.75) is 6.10 Å². The zero-order chi connectivity index (χ0) is 30.9. The number of nitrogen functional groups attached to an aromatic ring is 1. The van der Waals surface area contributed by atoms with Crippen LogP contribution in [0.25, 0.3) is 0 Å². The van der Waals surface area contributed by atoms with E-state index in [4.69, 9.17) is 26.8 Å². The Hall–Kier alpha value is -3.82. The van der Waals surface area contributed by atoms with Crippen molar-refractivity contribution >= 4 is 63.4 Å². The van der Waals surface area contributed by atoms with Crippen molar-refractivity contribution in [1.82, 2.24) is 5.32 Å². The highest BCUT2D eigenvalue weighted by molar-refractivity contribution is 7.18. The van der Waals surface area contributed by atoms with Crippen LogP contribution < -0.4 is 26.2 Å². The van der Waals surface area contributed by atoms with E-state index in [1.807, 2.05) is 0 Å². The second-order valence-electron chi connectivity index (χ2n) is 9.42.